The van der Waals surface area contributed by atoms with Crippen molar-refractivity contribution in [2.24, 2.45) is 0 Å². The second kappa shape index (κ2) is 7.93. The summed E-state index contributed by atoms with van der Waals surface area (Å²) in [5.74, 6) is 0. The van der Waals surface area contributed by atoms with Gasteiger partial charge in [0.05, 0.1) is 0 Å². The molecule has 0 spiro atoms. The molecule has 1 rings (SSSR count). The Balaban J connectivity index is 0. The van der Waals surface area contributed by atoms with Crippen molar-refractivity contribution >= 4 is 0 Å². The summed E-state index contributed by atoms with van der Waals surface area (Å²) in [6.07, 6.45) is 8.43. The van der Waals surface area contributed by atoms with Gasteiger partial charge in [0, 0.05) is 0 Å². The molecule has 1 aliphatic rings. The first-order valence-corrected chi connectivity index (χ1v) is 5.24. The standard InChI is InChI=1S/C8H11.2BrH.Hf/c1-2-5-8-6-3-4-7-8;;;/h3,6H,2,4-5H2,1H3;2*1H;/q;;;+2/p-2. The molecule has 3 heteroatoms. The fourth-order valence-corrected chi connectivity index (χ4v) is 2.23. The van der Waals surface area contributed by atoms with Gasteiger partial charge in [0.1, 0.15) is 0 Å². The Labute approximate surface area is 105 Å². The van der Waals surface area contributed by atoms with Gasteiger partial charge in [-0.3, -0.25) is 0 Å². The van der Waals surface area contributed by atoms with Crippen LogP contribution in [-0.2, 0) is 24.4 Å². The van der Waals surface area contributed by atoms with Crippen LogP contribution in [0, 0.1) is 0 Å². The summed E-state index contributed by atoms with van der Waals surface area (Å²) < 4.78 is 1.71. The van der Waals surface area contributed by atoms with Crippen LogP contribution in [-0.4, -0.2) is 0 Å². The summed E-state index contributed by atoms with van der Waals surface area (Å²) in [5.41, 5.74) is 1.63. The first-order valence-electron chi connectivity index (χ1n) is 3.44. The minimum Gasteiger partial charge on any atom is -1.00 e. The van der Waals surface area contributed by atoms with Crippen LogP contribution in [0.1, 0.15) is 26.2 Å². The topological polar surface area (TPSA) is 0 Å². The van der Waals surface area contributed by atoms with E-state index in [1.165, 1.54) is 43.6 Å². The first-order chi connectivity index (χ1) is 4.34. The van der Waals surface area contributed by atoms with Crippen LogP contribution in [0.2, 0.25) is 0 Å². The van der Waals surface area contributed by atoms with Crippen molar-refractivity contribution in [3.05, 3.63) is 21.1 Å². The summed E-state index contributed by atoms with van der Waals surface area (Å²) >= 11 is 1.27. The Morgan fingerprint density at radius 3 is 2.45 bits per heavy atom. The average molecular weight is 445 g/mol. The van der Waals surface area contributed by atoms with E-state index in [9.17, 15) is 0 Å². The molecule has 0 aliphatic heterocycles. The van der Waals surface area contributed by atoms with E-state index in [1.807, 2.05) is 0 Å². The molecular weight excluding hydrogens is 434 g/mol. The first kappa shape index (κ1) is 14.8. The second-order valence-electron chi connectivity index (χ2n) is 2.36. The zero-order chi connectivity index (χ0) is 6.69. The van der Waals surface area contributed by atoms with Crippen LogP contribution >= 0.6 is 0 Å². The summed E-state index contributed by atoms with van der Waals surface area (Å²) in [5, 5.41) is 0. The molecule has 0 N–H and O–H groups in total. The number of rotatable bonds is 2. The molecule has 0 nitrogen and oxygen atoms in total. The molecule has 11 heavy (non-hydrogen) atoms. The molecule has 0 heterocycles. The van der Waals surface area contributed by atoms with Gasteiger partial charge in [0.25, 0.3) is 0 Å². The van der Waals surface area contributed by atoms with Crippen LogP contribution in [0.5, 0.6) is 0 Å². The fraction of sp³-hybridized carbons (Fsp3) is 0.500. The van der Waals surface area contributed by atoms with E-state index in [-0.39, 0.29) is 34.0 Å². The predicted octanol–water partition coefficient (Wildman–Crippen LogP) is -3.44. The quantitative estimate of drug-likeness (QED) is 0.388. The molecule has 61 valence electrons. The van der Waals surface area contributed by atoms with Crippen LogP contribution in [0.15, 0.2) is 21.1 Å². The van der Waals surface area contributed by atoms with Crippen molar-refractivity contribution < 1.29 is 58.3 Å². The van der Waals surface area contributed by atoms with Gasteiger partial charge in [-0.25, -0.2) is 0 Å². The van der Waals surface area contributed by atoms with E-state index >= 15 is 0 Å². The van der Waals surface area contributed by atoms with Gasteiger partial charge in [-0.2, -0.15) is 0 Å². The maximum Gasteiger partial charge on any atom is -1.00 e. The molecule has 0 unspecified atom stereocenters. The molecule has 0 aromatic rings. The van der Waals surface area contributed by atoms with Crippen molar-refractivity contribution in [1.29, 1.82) is 0 Å². The molecule has 0 amide bonds. The van der Waals surface area contributed by atoms with Gasteiger partial charge in [-0.1, -0.05) is 0 Å². The van der Waals surface area contributed by atoms with Crippen LogP contribution < -0.4 is 34.0 Å². The van der Waals surface area contributed by atoms with E-state index in [1.54, 1.807) is 8.90 Å². The molecule has 0 atom stereocenters. The Morgan fingerprint density at radius 2 is 2.09 bits per heavy atom. The van der Waals surface area contributed by atoms with E-state index in [0.29, 0.717) is 0 Å². The summed E-state index contributed by atoms with van der Waals surface area (Å²) in [6.45, 7) is 2.24. The maximum absolute atomic E-state index is 2.30. The van der Waals surface area contributed by atoms with Crippen molar-refractivity contribution in [3.8, 4) is 0 Å². The Kier molecular flexibility index (Phi) is 10.7. The molecule has 0 aromatic carbocycles. The monoisotopic (exact) mass is 445 g/mol. The van der Waals surface area contributed by atoms with E-state index in [4.69, 9.17) is 0 Å². The van der Waals surface area contributed by atoms with Gasteiger partial charge >= 0.3 is 71.6 Å². The molecule has 0 saturated carbocycles. The smallest absolute Gasteiger partial charge is 1.00 e. The zero-order valence-electron chi connectivity index (χ0n) is 6.53. The average Bonchev–Trinajstić information content (AvgIpc) is 2.18. The number of hydrogen-bond acceptors (Lipinski definition) is 0. The molecule has 1 aliphatic carbocycles. The minimum atomic E-state index is 0. The third-order valence-electron chi connectivity index (χ3n) is 1.55. The van der Waals surface area contributed by atoms with Crippen LogP contribution in [0.4, 0.5) is 0 Å². The van der Waals surface area contributed by atoms with Crippen molar-refractivity contribution in [2.75, 3.05) is 0 Å². The molecule has 0 bridgehead atoms. The minimum absolute atomic E-state index is 0. The van der Waals surface area contributed by atoms with Gasteiger partial charge < -0.3 is 34.0 Å². The maximum atomic E-state index is 2.30. The van der Waals surface area contributed by atoms with Crippen molar-refractivity contribution in [3.63, 3.8) is 0 Å². The number of halogens is 2. The Hall–Kier alpha value is 1.31. The van der Waals surface area contributed by atoms with Crippen LogP contribution in [0.3, 0.4) is 0 Å². The summed E-state index contributed by atoms with van der Waals surface area (Å²) in [7, 11) is 0. The second-order valence-corrected chi connectivity index (χ2v) is 4.53. The number of hydrogen-bond donors (Lipinski definition) is 0. The SMILES string of the molecule is CCCC1=[C]([Hf+2])CC=C1.[Br-].[Br-]. The Morgan fingerprint density at radius 1 is 1.45 bits per heavy atom. The zero-order valence-corrected chi connectivity index (χ0v) is 13.3. The summed E-state index contributed by atoms with van der Waals surface area (Å²) in [4.78, 5) is 0. The third kappa shape index (κ3) is 4.79. The van der Waals surface area contributed by atoms with Crippen molar-refractivity contribution in [1.82, 2.24) is 0 Å². The van der Waals surface area contributed by atoms with Crippen LogP contribution in [0.25, 0.3) is 0 Å². The summed E-state index contributed by atoms with van der Waals surface area (Å²) in [6, 6.07) is 0. The van der Waals surface area contributed by atoms with Crippen molar-refractivity contribution in [2.45, 2.75) is 26.2 Å². The normalized spacial score (nSPS) is 14.5. The van der Waals surface area contributed by atoms with Gasteiger partial charge in [0.15, 0.2) is 0 Å². The van der Waals surface area contributed by atoms with E-state index in [2.05, 4.69) is 19.1 Å². The fourth-order valence-electron chi connectivity index (χ4n) is 1.05. The number of allylic oxidation sites excluding steroid dienone is 4. The third-order valence-corrected chi connectivity index (χ3v) is 3.43. The van der Waals surface area contributed by atoms with E-state index in [0.717, 1.165) is 0 Å². The van der Waals surface area contributed by atoms with Gasteiger partial charge in [-0.15, -0.1) is 0 Å². The Bertz CT molecular complexity index is 161. The predicted molar refractivity (Wildman–Crippen MR) is 35.7 cm³/mol. The molecule has 0 aromatic heterocycles. The van der Waals surface area contributed by atoms with Gasteiger partial charge in [-0.05, 0) is 0 Å². The molecule has 0 radical (unpaired) electrons. The molecule has 0 saturated heterocycles. The van der Waals surface area contributed by atoms with Gasteiger partial charge in [0.2, 0.25) is 0 Å². The van der Waals surface area contributed by atoms with E-state index < -0.39 is 0 Å². The largest absolute Gasteiger partial charge is 1.00 e. The molecular formula is C8H11Br2Hf. The molecule has 0 fully saturated rings.